The highest BCUT2D eigenvalue weighted by Gasteiger charge is 2.17. The van der Waals surface area contributed by atoms with Crippen LogP contribution in [-0.4, -0.2) is 24.9 Å². The average molecular weight is 384 g/mol. The molecule has 29 heavy (non-hydrogen) atoms. The first-order valence-corrected chi connectivity index (χ1v) is 9.25. The van der Waals surface area contributed by atoms with Crippen LogP contribution in [0.15, 0.2) is 67.3 Å². The molecule has 1 atom stereocenters. The van der Waals surface area contributed by atoms with E-state index in [1.54, 1.807) is 12.4 Å². The third-order valence-corrected chi connectivity index (χ3v) is 4.89. The minimum atomic E-state index is -0.301. The number of nitrogens with one attached hydrogen (secondary N) is 2. The maximum Gasteiger partial charge on any atom is 0.162 e. The van der Waals surface area contributed by atoms with Gasteiger partial charge in [0.05, 0.1) is 23.6 Å². The van der Waals surface area contributed by atoms with Gasteiger partial charge in [0.15, 0.2) is 11.5 Å². The van der Waals surface area contributed by atoms with Crippen molar-refractivity contribution in [2.24, 2.45) is 0 Å². The lowest BCUT2D eigenvalue weighted by Gasteiger charge is -2.19. The molecule has 0 aliphatic heterocycles. The summed E-state index contributed by atoms with van der Waals surface area (Å²) in [6, 6.07) is 16.5. The second kappa shape index (κ2) is 6.94. The van der Waals surface area contributed by atoms with Gasteiger partial charge in [-0.15, -0.1) is 0 Å². The maximum atomic E-state index is 13.8. The van der Waals surface area contributed by atoms with Gasteiger partial charge in [0, 0.05) is 22.6 Å². The summed E-state index contributed by atoms with van der Waals surface area (Å²) < 4.78 is 13.8. The summed E-state index contributed by atoms with van der Waals surface area (Å²) in [6.45, 7) is 2.04. The Bertz CT molecular complexity index is 1320. The van der Waals surface area contributed by atoms with Crippen molar-refractivity contribution in [1.29, 1.82) is 0 Å². The van der Waals surface area contributed by atoms with E-state index in [-0.39, 0.29) is 11.9 Å². The van der Waals surface area contributed by atoms with E-state index in [0.717, 1.165) is 22.2 Å². The van der Waals surface area contributed by atoms with Gasteiger partial charge in [-0.3, -0.25) is 0 Å². The molecule has 0 radical (unpaired) electrons. The molecule has 5 aromatic rings. The number of aromatic amines is 1. The molecule has 0 bridgehead atoms. The summed E-state index contributed by atoms with van der Waals surface area (Å²) in [5.74, 6) is 0.340. The molecular weight excluding hydrogens is 367 g/mol. The lowest BCUT2D eigenvalue weighted by molar-refractivity contribution is 0.629. The van der Waals surface area contributed by atoms with Crippen LogP contribution in [0.1, 0.15) is 18.5 Å². The van der Waals surface area contributed by atoms with Crippen molar-refractivity contribution in [2.75, 3.05) is 5.32 Å². The quantitative estimate of drug-likeness (QED) is 0.462. The van der Waals surface area contributed by atoms with Gasteiger partial charge in [0.25, 0.3) is 0 Å². The third-order valence-electron chi connectivity index (χ3n) is 4.89. The van der Waals surface area contributed by atoms with Gasteiger partial charge < -0.3 is 10.3 Å². The zero-order valence-electron chi connectivity index (χ0n) is 15.6. The van der Waals surface area contributed by atoms with Crippen LogP contribution < -0.4 is 5.32 Å². The molecule has 3 heterocycles. The number of benzene rings is 2. The summed E-state index contributed by atoms with van der Waals surface area (Å²) in [7, 11) is 0. The number of imidazole rings is 1. The minimum absolute atomic E-state index is 0.123. The van der Waals surface area contributed by atoms with Gasteiger partial charge in [-0.25, -0.2) is 24.3 Å². The lowest BCUT2D eigenvalue weighted by Crippen LogP contribution is -2.11. The van der Waals surface area contributed by atoms with Crippen molar-refractivity contribution in [3.05, 3.63) is 78.6 Å². The summed E-state index contributed by atoms with van der Waals surface area (Å²) >= 11 is 0. The standard InChI is InChI=1S/C22H17FN6/c1-13(28-22-20-21(25-11-24-20)26-12-27-22)17-9-15-7-8-16(23)10-18(15)29-19(17)14-5-3-2-4-6-14/h2-13H,1H3,(H2,24,25,26,27,28). The number of halogens is 1. The molecule has 0 fully saturated rings. The second-order valence-corrected chi connectivity index (χ2v) is 6.82. The van der Waals surface area contributed by atoms with Crippen molar-refractivity contribution >= 4 is 27.9 Å². The van der Waals surface area contributed by atoms with Crippen LogP contribution >= 0.6 is 0 Å². The highest BCUT2D eigenvalue weighted by molar-refractivity contribution is 5.85. The first kappa shape index (κ1) is 17.2. The largest absolute Gasteiger partial charge is 0.362 e. The number of hydrogen-bond donors (Lipinski definition) is 2. The molecule has 3 aromatic heterocycles. The topological polar surface area (TPSA) is 79.4 Å². The number of rotatable bonds is 4. The lowest BCUT2D eigenvalue weighted by atomic mass is 9.98. The summed E-state index contributed by atoms with van der Waals surface area (Å²) in [5, 5.41) is 4.30. The highest BCUT2D eigenvalue weighted by atomic mass is 19.1. The van der Waals surface area contributed by atoms with E-state index >= 15 is 0 Å². The van der Waals surface area contributed by atoms with E-state index < -0.39 is 0 Å². The van der Waals surface area contributed by atoms with Crippen LogP contribution in [0.2, 0.25) is 0 Å². The van der Waals surface area contributed by atoms with Crippen LogP contribution in [-0.2, 0) is 0 Å². The molecule has 5 rings (SSSR count). The number of hydrogen-bond acceptors (Lipinski definition) is 5. The second-order valence-electron chi connectivity index (χ2n) is 6.82. The van der Waals surface area contributed by atoms with Crippen molar-refractivity contribution in [2.45, 2.75) is 13.0 Å². The van der Waals surface area contributed by atoms with E-state index in [1.165, 1.54) is 18.5 Å². The van der Waals surface area contributed by atoms with Crippen LogP contribution in [0.3, 0.4) is 0 Å². The van der Waals surface area contributed by atoms with Crippen molar-refractivity contribution in [3.8, 4) is 11.3 Å². The predicted molar refractivity (Wildman–Crippen MR) is 111 cm³/mol. The first-order chi connectivity index (χ1) is 14.2. The molecule has 6 nitrogen and oxygen atoms in total. The van der Waals surface area contributed by atoms with Crippen LogP contribution in [0.25, 0.3) is 33.3 Å². The minimum Gasteiger partial charge on any atom is -0.362 e. The van der Waals surface area contributed by atoms with Gasteiger partial charge in [-0.2, -0.15) is 0 Å². The predicted octanol–water partition coefficient (Wildman–Crippen LogP) is 4.88. The fraction of sp³-hybridized carbons (Fsp3) is 0.0909. The van der Waals surface area contributed by atoms with Gasteiger partial charge in [-0.1, -0.05) is 30.3 Å². The number of H-pyrrole nitrogens is 1. The van der Waals surface area contributed by atoms with Crippen LogP contribution in [0.5, 0.6) is 0 Å². The Morgan fingerprint density at radius 3 is 2.72 bits per heavy atom. The molecule has 0 saturated carbocycles. The number of aromatic nitrogens is 5. The SMILES string of the molecule is CC(Nc1ncnc2[nH]cnc12)c1cc2ccc(F)cc2nc1-c1ccccc1. The third kappa shape index (κ3) is 3.16. The van der Waals surface area contributed by atoms with Gasteiger partial charge in [-0.05, 0) is 25.1 Å². The van der Waals surface area contributed by atoms with Crippen LogP contribution in [0, 0.1) is 5.82 Å². The molecular formula is C22H17FN6. The number of nitrogens with zero attached hydrogens (tertiary/aromatic N) is 4. The molecule has 1 unspecified atom stereocenters. The summed E-state index contributed by atoms with van der Waals surface area (Å²) in [6.07, 6.45) is 3.09. The fourth-order valence-electron chi connectivity index (χ4n) is 3.47. The van der Waals surface area contributed by atoms with Crippen molar-refractivity contribution in [3.63, 3.8) is 0 Å². The summed E-state index contributed by atoms with van der Waals surface area (Å²) in [5.41, 5.74) is 4.72. The van der Waals surface area contributed by atoms with Crippen molar-refractivity contribution in [1.82, 2.24) is 24.9 Å². The van der Waals surface area contributed by atoms with Gasteiger partial charge in [0.2, 0.25) is 0 Å². The molecule has 0 aliphatic carbocycles. The van der Waals surface area contributed by atoms with E-state index in [2.05, 4.69) is 25.3 Å². The molecule has 0 saturated heterocycles. The van der Waals surface area contributed by atoms with Crippen molar-refractivity contribution < 1.29 is 4.39 Å². The van der Waals surface area contributed by atoms with Gasteiger partial charge in [0.1, 0.15) is 17.7 Å². The maximum absolute atomic E-state index is 13.8. The monoisotopic (exact) mass is 384 g/mol. The Kier molecular flexibility index (Phi) is 4.13. The average Bonchev–Trinajstić information content (AvgIpc) is 3.23. The normalized spacial score (nSPS) is 12.3. The Labute approximate surface area is 165 Å². The summed E-state index contributed by atoms with van der Waals surface area (Å²) in [4.78, 5) is 20.6. The molecule has 0 spiro atoms. The smallest absolute Gasteiger partial charge is 0.162 e. The fourth-order valence-corrected chi connectivity index (χ4v) is 3.47. The molecule has 142 valence electrons. The van der Waals surface area contributed by atoms with E-state index in [1.807, 2.05) is 43.3 Å². The molecule has 2 N–H and O–H groups in total. The molecule has 0 amide bonds. The Morgan fingerprint density at radius 1 is 1.00 bits per heavy atom. The molecule has 2 aromatic carbocycles. The molecule has 7 heteroatoms. The Hall–Kier alpha value is -3.87. The zero-order chi connectivity index (χ0) is 19.8. The Morgan fingerprint density at radius 2 is 1.86 bits per heavy atom. The number of fused-ring (bicyclic) bond motifs is 2. The Balaban J connectivity index is 1.64. The van der Waals surface area contributed by atoms with Gasteiger partial charge >= 0.3 is 0 Å². The van der Waals surface area contributed by atoms with Crippen LogP contribution in [0.4, 0.5) is 10.2 Å². The molecule has 0 aliphatic rings. The highest BCUT2D eigenvalue weighted by Crippen LogP contribution is 2.32. The van der Waals surface area contributed by atoms with E-state index in [9.17, 15) is 4.39 Å². The number of anilines is 1. The zero-order valence-corrected chi connectivity index (χ0v) is 15.6. The number of pyridine rings is 1. The van der Waals surface area contributed by atoms with E-state index in [4.69, 9.17) is 4.98 Å². The van der Waals surface area contributed by atoms with E-state index in [0.29, 0.717) is 22.5 Å². The first-order valence-electron chi connectivity index (χ1n) is 9.25.